The first-order valence-corrected chi connectivity index (χ1v) is 8.47. The number of carbonyl (C=O) groups excluding carboxylic acids is 1. The normalized spacial score (nSPS) is 11.8. The molecule has 0 bridgehead atoms. The first-order chi connectivity index (χ1) is 14.2. The fourth-order valence-corrected chi connectivity index (χ4v) is 2.95. The van der Waals surface area contributed by atoms with Gasteiger partial charge in [0, 0.05) is 12.4 Å². The van der Waals surface area contributed by atoms with Crippen LogP contribution in [0.3, 0.4) is 0 Å². The maximum atomic E-state index is 13.9. The molecule has 0 saturated heterocycles. The third kappa shape index (κ3) is 3.21. The van der Waals surface area contributed by atoms with Gasteiger partial charge in [0.05, 0.1) is 23.6 Å². The van der Waals surface area contributed by atoms with Gasteiger partial charge >= 0.3 is 6.18 Å². The van der Waals surface area contributed by atoms with Gasteiger partial charge in [-0.1, -0.05) is 0 Å². The van der Waals surface area contributed by atoms with Crippen molar-refractivity contribution in [1.29, 1.82) is 0 Å². The highest BCUT2D eigenvalue weighted by atomic mass is 19.4. The van der Waals surface area contributed by atoms with E-state index in [0.29, 0.717) is 10.2 Å². The maximum absolute atomic E-state index is 13.9. The van der Waals surface area contributed by atoms with E-state index >= 15 is 0 Å². The van der Waals surface area contributed by atoms with Crippen LogP contribution in [-0.2, 0) is 6.18 Å². The lowest BCUT2D eigenvalue weighted by molar-refractivity contribution is -0.143. The minimum Gasteiger partial charge on any atom is -0.383 e. The highest BCUT2D eigenvalue weighted by molar-refractivity contribution is 6.05. The molecule has 4 aromatic heterocycles. The molecule has 4 aromatic rings. The SMILES string of the molecule is Cc1cc(NC(=O)c2cnn(-c3ccc(F)c4nccn34)c2C(F)(F)F)cnc1N. The summed E-state index contributed by atoms with van der Waals surface area (Å²) in [6.45, 7) is 1.64. The second-order valence-electron chi connectivity index (χ2n) is 6.36. The summed E-state index contributed by atoms with van der Waals surface area (Å²) >= 11 is 0. The molecule has 8 nitrogen and oxygen atoms in total. The van der Waals surface area contributed by atoms with Gasteiger partial charge in [-0.3, -0.25) is 9.20 Å². The van der Waals surface area contributed by atoms with Crippen molar-refractivity contribution in [2.75, 3.05) is 11.1 Å². The number of imidazole rings is 1. The molecule has 0 spiro atoms. The summed E-state index contributed by atoms with van der Waals surface area (Å²) in [6.07, 6.45) is -0.380. The lowest BCUT2D eigenvalue weighted by atomic mass is 10.2. The molecule has 0 aliphatic rings. The molecule has 3 N–H and O–H groups in total. The van der Waals surface area contributed by atoms with Gasteiger partial charge in [0.25, 0.3) is 5.91 Å². The summed E-state index contributed by atoms with van der Waals surface area (Å²) in [6, 6.07) is 3.57. The van der Waals surface area contributed by atoms with Gasteiger partial charge in [0.1, 0.15) is 11.6 Å². The lowest BCUT2D eigenvalue weighted by Gasteiger charge is -2.14. The highest BCUT2D eigenvalue weighted by Crippen LogP contribution is 2.34. The molecular weight excluding hydrogens is 406 g/mol. The number of amides is 1. The van der Waals surface area contributed by atoms with E-state index in [1.54, 1.807) is 6.92 Å². The van der Waals surface area contributed by atoms with Crippen LogP contribution in [0.4, 0.5) is 29.1 Å². The third-order valence-corrected chi connectivity index (χ3v) is 4.36. The van der Waals surface area contributed by atoms with Crippen molar-refractivity contribution < 1.29 is 22.4 Å². The minimum atomic E-state index is -4.93. The van der Waals surface area contributed by atoms with E-state index in [9.17, 15) is 22.4 Å². The zero-order valence-corrected chi connectivity index (χ0v) is 15.3. The van der Waals surface area contributed by atoms with Crippen molar-refractivity contribution in [2.45, 2.75) is 13.1 Å². The summed E-state index contributed by atoms with van der Waals surface area (Å²) in [5.74, 6) is -1.66. The number of anilines is 2. The second kappa shape index (κ2) is 6.83. The minimum absolute atomic E-state index is 0.139. The predicted octanol–water partition coefficient (Wildman–Crippen LogP) is 3.22. The van der Waals surface area contributed by atoms with E-state index in [1.165, 1.54) is 24.7 Å². The molecule has 0 aromatic carbocycles. The van der Waals surface area contributed by atoms with E-state index in [2.05, 4.69) is 20.4 Å². The monoisotopic (exact) mass is 419 g/mol. The molecule has 4 rings (SSSR count). The number of aromatic nitrogens is 5. The fourth-order valence-electron chi connectivity index (χ4n) is 2.95. The lowest BCUT2D eigenvalue weighted by Crippen LogP contribution is -2.21. The Morgan fingerprint density at radius 1 is 1.20 bits per heavy atom. The first kappa shape index (κ1) is 19.4. The molecule has 0 unspecified atom stereocenters. The van der Waals surface area contributed by atoms with Crippen molar-refractivity contribution >= 4 is 23.1 Å². The largest absolute Gasteiger partial charge is 0.434 e. The van der Waals surface area contributed by atoms with Crippen LogP contribution in [0.2, 0.25) is 0 Å². The van der Waals surface area contributed by atoms with Crippen LogP contribution in [0, 0.1) is 12.7 Å². The Morgan fingerprint density at radius 2 is 1.97 bits per heavy atom. The van der Waals surface area contributed by atoms with Gasteiger partial charge in [-0.15, -0.1) is 0 Å². The van der Waals surface area contributed by atoms with E-state index < -0.39 is 29.2 Å². The Labute approximate surface area is 166 Å². The standard InChI is InChI=1S/C18H13F4N7O/c1-9-6-10(7-25-15(9)23)27-17(30)11-8-26-29(14(11)18(20,21)22)13-3-2-12(19)16-24-4-5-28(13)16/h2-8H,1H3,(H2,23,25)(H,27,30). The number of nitrogens with two attached hydrogens (primary N) is 1. The Hall–Kier alpha value is -3.96. The summed E-state index contributed by atoms with van der Waals surface area (Å²) in [7, 11) is 0. The van der Waals surface area contributed by atoms with E-state index in [-0.39, 0.29) is 23.0 Å². The summed E-state index contributed by atoms with van der Waals surface area (Å²) in [4.78, 5) is 20.2. The van der Waals surface area contributed by atoms with Crippen LogP contribution < -0.4 is 11.1 Å². The third-order valence-electron chi connectivity index (χ3n) is 4.36. The van der Waals surface area contributed by atoms with Gasteiger partial charge in [-0.25, -0.2) is 19.0 Å². The van der Waals surface area contributed by atoms with Crippen LogP contribution in [-0.4, -0.2) is 30.1 Å². The number of nitrogens with one attached hydrogen (secondary N) is 1. The first-order valence-electron chi connectivity index (χ1n) is 8.47. The smallest absolute Gasteiger partial charge is 0.383 e. The highest BCUT2D eigenvalue weighted by Gasteiger charge is 2.41. The molecule has 0 saturated carbocycles. The summed E-state index contributed by atoms with van der Waals surface area (Å²) in [5.41, 5.74) is 4.12. The molecule has 0 aliphatic heterocycles. The van der Waals surface area contributed by atoms with Crippen LogP contribution in [0.25, 0.3) is 11.5 Å². The molecule has 30 heavy (non-hydrogen) atoms. The molecular formula is C18H13F4N7O. The average Bonchev–Trinajstić information content (AvgIpc) is 3.32. The number of hydrogen-bond acceptors (Lipinski definition) is 5. The molecule has 0 radical (unpaired) electrons. The number of carbonyl (C=O) groups is 1. The van der Waals surface area contributed by atoms with Crippen molar-refractivity contribution in [3.05, 3.63) is 65.6 Å². The number of aryl methyl sites for hydroxylation is 1. The second-order valence-corrected chi connectivity index (χ2v) is 6.36. The van der Waals surface area contributed by atoms with Crippen molar-refractivity contribution in [1.82, 2.24) is 24.1 Å². The Morgan fingerprint density at radius 3 is 2.67 bits per heavy atom. The van der Waals surface area contributed by atoms with Crippen molar-refractivity contribution in [2.24, 2.45) is 0 Å². The van der Waals surface area contributed by atoms with Crippen LogP contribution in [0.5, 0.6) is 0 Å². The Kier molecular flexibility index (Phi) is 4.41. The molecule has 0 atom stereocenters. The fraction of sp³-hybridized carbons (Fsp3) is 0.111. The Balaban J connectivity index is 1.81. The van der Waals surface area contributed by atoms with Crippen molar-refractivity contribution in [3.63, 3.8) is 0 Å². The van der Waals surface area contributed by atoms with Gasteiger partial charge in [-0.2, -0.15) is 18.3 Å². The summed E-state index contributed by atoms with van der Waals surface area (Å²) < 4.78 is 57.1. The summed E-state index contributed by atoms with van der Waals surface area (Å²) in [5, 5.41) is 6.09. The van der Waals surface area contributed by atoms with Crippen LogP contribution in [0.1, 0.15) is 21.6 Å². The van der Waals surface area contributed by atoms with Crippen LogP contribution in [0.15, 0.2) is 43.0 Å². The predicted molar refractivity (Wildman–Crippen MR) is 98.6 cm³/mol. The van der Waals surface area contributed by atoms with Gasteiger partial charge in [0.15, 0.2) is 17.2 Å². The van der Waals surface area contributed by atoms with Crippen molar-refractivity contribution in [3.8, 4) is 5.82 Å². The topological polar surface area (TPSA) is 103 Å². The average molecular weight is 419 g/mol. The van der Waals surface area contributed by atoms with E-state index in [4.69, 9.17) is 5.73 Å². The number of pyridine rings is 2. The molecule has 1 amide bonds. The molecule has 4 heterocycles. The Bertz CT molecular complexity index is 1280. The quantitative estimate of drug-likeness (QED) is 0.497. The molecule has 12 heteroatoms. The maximum Gasteiger partial charge on any atom is 0.434 e. The van der Waals surface area contributed by atoms with Crippen LogP contribution >= 0.6 is 0 Å². The number of rotatable bonds is 3. The number of alkyl halides is 3. The molecule has 154 valence electrons. The molecule has 0 fully saturated rings. The zero-order valence-electron chi connectivity index (χ0n) is 15.3. The molecule has 0 aliphatic carbocycles. The van der Waals surface area contributed by atoms with E-state index in [0.717, 1.165) is 22.7 Å². The van der Waals surface area contributed by atoms with Gasteiger partial charge in [-0.05, 0) is 30.7 Å². The zero-order chi connectivity index (χ0) is 21.6. The number of hydrogen-bond donors (Lipinski definition) is 2. The number of nitrogen functional groups attached to an aromatic ring is 1. The van der Waals surface area contributed by atoms with Gasteiger partial charge in [0.2, 0.25) is 0 Å². The number of fused-ring (bicyclic) bond motifs is 1. The number of nitrogens with zero attached hydrogens (tertiary/aromatic N) is 5. The van der Waals surface area contributed by atoms with Gasteiger partial charge < -0.3 is 11.1 Å². The van der Waals surface area contributed by atoms with E-state index in [1.807, 2.05) is 0 Å². The number of halogens is 4.